The molecule has 2 aromatic carbocycles. The van der Waals surface area contributed by atoms with E-state index in [0.29, 0.717) is 31.8 Å². The molecule has 3 rings (SSSR count). The topological polar surface area (TPSA) is 76.2 Å². The summed E-state index contributed by atoms with van der Waals surface area (Å²) in [6.45, 7) is 9.03. The molecule has 0 spiro atoms. The Kier molecular flexibility index (Phi) is 7.59. The molecule has 2 atom stereocenters. The summed E-state index contributed by atoms with van der Waals surface area (Å²) in [6, 6.07) is 12.2. The maximum absolute atomic E-state index is 13.1. The van der Waals surface area contributed by atoms with Crippen molar-refractivity contribution in [2.24, 2.45) is 0 Å². The number of carbonyl (C=O) groups excluding carboxylic acids is 1. The molecule has 8 heteroatoms. The summed E-state index contributed by atoms with van der Waals surface area (Å²) < 4.78 is 39.1. The summed E-state index contributed by atoms with van der Waals surface area (Å²) >= 11 is 0. The van der Waals surface area contributed by atoms with Crippen molar-refractivity contribution >= 4 is 15.9 Å². The molecule has 0 saturated carbocycles. The highest BCUT2D eigenvalue weighted by Crippen LogP contribution is 2.22. The first-order valence-electron chi connectivity index (χ1n) is 10.8. The predicted octanol–water partition coefficient (Wildman–Crippen LogP) is 3.25. The van der Waals surface area contributed by atoms with Crippen LogP contribution in [0.3, 0.4) is 0 Å². The molecular formula is C24H32N2O5S. The number of ether oxygens (including phenoxy) is 2. The normalized spacial score (nSPS) is 19.5. The first kappa shape index (κ1) is 24.2. The number of nitrogens with zero attached hydrogens (tertiary/aromatic N) is 2. The van der Waals surface area contributed by atoms with Gasteiger partial charge in [-0.15, -0.1) is 0 Å². The second kappa shape index (κ2) is 10.0. The SMILES string of the molecule is Cc1cc(C)cc(OCCN(C)C(=O)c2cccc(S(=O)(=O)N3CC(C)OC(C)C3)c2)c1. The predicted molar refractivity (Wildman–Crippen MR) is 124 cm³/mol. The van der Waals surface area contributed by atoms with Gasteiger partial charge in [0.2, 0.25) is 10.0 Å². The summed E-state index contributed by atoms with van der Waals surface area (Å²) in [5.74, 6) is 0.514. The number of sulfonamides is 1. The largest absolute Gasteiger partial charge is 0.492 e. The fourth-order valence-electron chi connectivity index (χ4n) is 3.90. The third-order valence-electron chi connectivity index (χ3n) is 5.34. The monoisotopic (exact) mass is 460 g/mol. The van der Waals surface area contributed by atoms with E-state index in [0.717, 1.165) is 16.9 Å². The molecule has 0 bridgehead atoms. The van der Waals surface area contributed by atoms with Gasteiger partial charge in [0.05, 0.1) is 23.6 Å². The fourth-order valence-corrected chi connectivity index (χ4v) is 5.54. The zero-order valence-electron chi connectivity index (χ0n) is 19.4. The molecular weight excluding hydrogens is 428 g/mol. The van der Waals surface area contributed by atoms with E-state index in [-0.39, 0.29) is 23.0 Å². The molecule has 0 aromatic heterocycles. The van der Waals surface area contributed by atoms with Crippen molar-refractivity contribution in [3.63, 3.8) is 0 Å². The van der Waals surface area contributed by atoms with Crippen molar-refractivity contribution in [1.29, 1.82) is 0 Å². The van der Waals surface area contributed by atoms with Crippen LogP contribution in [0.1, 0.15) is 35.3 Å². The molecule has 1 heterocycles. The number of hydrogen-bond donors (Lipinski definition) is 0. The Labute approximate surface area is 191 Å². The van der Waals surface area contributed by atoms with E-state index in [1.165, 1.54) is 21.3 Å². The van der Waals surface area contributed by atoms with Gasteiger partial charge in [-0.2, -0.15) is 4.31 Å². The molecule has 2 unspecified atom stereocenters. The van der Waals surface area contributed by atoms with E-state index in [9.17, 15) is 13.2 Å². The lowest BCUT2D eigenvalue weighted by Crippen LogP contribution is -2.48. The molecule has 0 N–H and O–H groups in total. The second-order valence-electron chi connectivity index (χ2n) is 8.51. The fraction of sp³-hybridized carbons (Fsp3) is 0.458. The Morgan fingerprint density at radius 1 is 1.09 bits per heavy atom. The van der Waals surface area contributed by atoms with Gasteiger partial charge in [-0.3, -0.25) is 4.79 Å². The highest BCUT2D eigenvalue weighted by atomic mass is 32.2. The maximum Gasteiger partial charge on any atom is 0.253 e. The zero-order valence-corrected chi connectivity index (χ0v) is 20.2. The van der Waals surface area contributed by atoms with Gasteiger partial charge in [-0.05, 0) is 69.2 Å². The van der Waals surface area contributed by atoms with Gasteiger partial charge in [-0.25, -0.2) is 8.42 Å². The molecule has 2 aromatic rings. The van der Waals surface area contributed by atoms with Crippen LogP contribution >= 0.6 is 0 Å². The summed E-state index contributed by atoms with van der Waals surface area (Å²) in [5.41, 5.74) is 2.56. The summed E-state index contributed by atoms with van der Waals surface area (Å²) in [5, 5.41) is 0. The third kappa shape index (κ3) is 5.88. The Balaban J connectivity index is 1.66. The first-order chi connectivity index (χ1) is 15.1. The number of amides is 1. The van der Waals surface area contributed by atoms with E-state index in [4.69, 9.17) is 9.47 Å². The molecule has 1 amide bonds. The van der Waals surface area contributed by atoms with E-state index in [1.807, 2.05) is 39.8 Å². The van der Waals surface area contributed by atoms with Crippen LogP contribution < -0.4 is 4.74 Å². The van der Waals surface area contributed by atoms with E-state index >= 15 is 0 Å². The van der Waals surface area contributed by atoms with E-state index in [1.54, 1.807) is 19.2 Å². The van der Waals surface area contributed by atoms with E-state index < -0.39 is 10.0 Å². The molecule has 1 aliphatic heterocycles. The molecule has 1 saturated heterocycles. The lowest BCUT2D eigenvalue weighted by Gasteiger charge is -2.34. The van der Waals surface area contributed by atoms with Gasteiger partial charge >= 0.3 is 0 Å². The highest BCUT2D eigenvalue weighted by Gasteiger charge is 2.32. The standard InChI is InChI=1S/C24H32N2O5S/c1-17-11-18(2)13-22(12-17)30-10-9-25(5)24(27)21-7-6-8-23(14-21)32(28,29)26-15-19(3)31-20(4)16-26/h6-8,11-14,19-20H,9-10,15-16H2,1-5H3. The van der Waals surface area contributed by atoms with Crippen LogP contribution in [-0.2, 0) is 14.8 Å². The molecule has 0 aliphatic carbocycles. The van der Waals surface area contributed by atoms with Gasteiger partial charge in [-0.1, -0.05) is 12.1 Å². The Hall–Kier alpha value is -2.42. The van der Waals surface area contributed by atoms with Crippen molar-refractivity contribution in [3.8, 4) is 5.75 Å². The van der Waals surface area contributed by atoms with Crippen molar-refractivity contribution in [2.75, 3.05) is 33.3 Å². The van der Waals surface area contributed by atoms with Crippen LogP contribution in [0.15, 0.2) is 47.4 Å². The minimum Gasteiger partial charge on any atom is -0.492 e. The van der Waals surface area contributed by atoms with Crippen LogP contribution in [0.5, 0.6) is 5.75 Å². The van der Waals surface area contributed by atoms with Crippen LogP contribution in [0.4, 0.5) is 0 Å². The second-order valence-corrected chi connectivity index (χ2v) is 10.4. The molecule has 1 aliphatic rings. The minimum atomic E-state index is -3.71. The van der Waals surface area contributed by atoms with Crippen molar-refractivity contribution in [2.45, 2.75) is 44.8 Å². The number of likely N-dealkylation sites (N-methyl/N-ethyl adjacent to an activating group) is 1. The summed E-state index contributed by atoms with van der Waals surface area (Å²) in [6.07, 6.45) is -0.358. The number of aryl methyl sites for hydroxylation is 2. The van der Waals surface area contributed by atoms with Gasteiger partial charge in [0.25, 0.3) is 5.91 Å². The lowest BCUT2D eigenvalue weighted by atomic mass is 10.1. The molecule has 32 heavy (non-hydrogen) atoms. The number of morpholine rings is 1. The van der Waals surface area contributed by atoms with Gasteiger partial charge in [0.15, 0.2) is 0 Å². The van der Waals surface area contributed by atoms with Crippen LogP contribution in [0, 0.1) is 13.8 Å². The maximum atomic E-state index is 13.1. The smallest absolute Gasteiger partial charge is 0.253 e. The molecule has 1 fully saturated rings. The number of hydrogen-bond acceptors (Lipinski definition) is 5. The summed E-state index contributed by atoms with van der Waals surface area (Å²) in [7, 11) is -2.03. The van der Waals surface area contributed by atoms with Crippen molar-refractivity contribution in [1.82, 2.24) is 9.21 Å². The Morgan fingerprint density at radius 3 is 2.34 bits per heavy atom. The zero-order chi connectivity index (χ0) is 23.5. The Morgan fingerprint density at radius 2 is 1.72 bits per heavy atom. The quantitative estimate of drug-likeness (QED) is 0.634. The average molecular weight is 461 g/mol. The van der Waals surface area contributed by atoms with Crippen LogP contribution in [-0.4, -0.2) is 69.0 Å². The summed E-state index contributed by atoms with van der Waals surface area (Å²) in [4.78, 5) is 14.5. The first-order valence-corrected chi connectivity index (χ1v) is 12.2. The Bertz CT molecular complexity index is 1040. The molecule has 0 radical (unpaired) electrons. The minimum absolute atomic E-state index is 0.115. The third-order valence-corrected chi connectivity index (χ3v) is 7.17. The van der Waals surface area contributed by atoms with E-state index in [2.05, 4.69) is 6.07 Å². The number of carbonyl (C=O) groups is 1. The van der Waals surface area contributed by atoms with Crippen molar-refractivity contribution < 1.29 is 22.7 Å². The highest BCUT2D eigenvalue weighted by molar-refractivity contribution is 7.89. The number of rotatable bonds is 7. The molecule has 7 nitrogen and oxygen atoms in total. The lowest BCUT2D eigenvalue weighted by molar-refractivity contribution is -0.0440. The molecule has 174 valence electrons. The van der Waals surface area contributed by atoms with Gasteiger partial charge < -0.3 is 14.4 Å². The number of benzene rings is 2. The average Bonchev–Trinajstić information content (AvgIpc) is 2.72. The van der Waals surface area contributed by atoms with Gasteiger partial charge in [0.1, 0.15) is 12.4 Å². The van der Waals surface area contributed by atoms with Crippen molar-refractivity contribution in [3.05, 3.63) is 59.2 Å². The van der Waals surface area contributed by atoms with Crippen LogP contribution in [0.25, 0.3) is 0 Å². The van der Waals surface area contributed by atoms with Crippen LogP contribution in [0.2, 0.25) is 0 Å². The van der Waals surface area contributed by atoms with Gasteiger partial charge in [0, 0.05) is 25.7 Å².